The molecule has 1 rings (SSSR count). The van der Waals surface area contributed by atoms with Crippen LogP contribution < -0.4 is 0 Å². The normalized spacial score (nSPS) is 26.5. The van der Waals surface area contributed by atoms with Gasteiger partial charge < -0.3 is 23.4 Å². The quantitative estimate of drug-likeness (QED) is 0.264. The van der Waals surface area contributed by atoms with E-state index in [1.807, 2.05) is 6.92 Å². The standard InChI is InChI=1S/C25H50O6Si2/c1-18(15-13-14-16-22(26)27)28-23-21(31-33(11,12)25(6,7)8)17-20(19(2)29-23)30-32(9,10)24(3,4)5/h14,16,18-21,23H,13,15,17H2,1-12H3,(H,26,27)/b16-14-/t18-,19+,20-,21-,23-/m1/s1. The maximum atomic E-state index is 10.7. The highest BCUT2D eigenvalue weighted by molar-refractivity contribution is 6.74. The number of ether oxygens (including phenoxy) is 2. The van der Waals surface area contributed by atoms with Gasteiger partial charge in [0.1, 0.15) is 0 Å². The summed E-state index contributed by atoms with van der Waals surface area (Å²) in [4.78, 5) is 10.7. The van der Waals surface area contributed by atoms with Crippen LogP contribution in [0.15, 0.2) is 12.2 Å². The molecule has 1 N–H and O–H groups in total. The Labute approximate surface area is 204 Å². The molecule has 1 saturated heterocycles. The van der Waals surface area contributed by atoms with E-state index in [0.717, 1.165) is 6.42 Å². The Balaban J connectivity index is 3.02. The summed E-state index contributed by atoms with van der Waals surface area (Å²) in [6.45, 7) is 26.6. The summed E-state index contributed by atoms with van der Waals surface area (Å²) < 4.78 is 26.3. The third-order valence-corrected chi connectivity index (χ3v) is 16.5. The van der Waals surface area contributed by atoms with Crippen molar-refractivity contribution in [2.45, 2.75) is 142 Å². The van der Waals surface area contributed by atoms with Crippen molar-refractivity contribution >= 4 is 22.6 Å². The molecular weight excluding hydrogens is 452 g/mol. The Morgan fingerprint density at radius 3 is 1.97 bits per heavy atom. The van der Waals surface area contributed by atoms with Crippen LogP contribution in [-0.4, -0.2) is 58.4 Å². The molecule has 1 aliphatic rings. The molecule has 194 valence electrons. The van der Waals surface area contributed by atoms with Crippen molar-refractivity contribution in [1.82, 2.24) is 0 Å². The van der Waals surface area contributed by atoms with Crippen molar-refractivity contribution in [3.63, 3.8) is 0 Å². The highest BCUT2D eigenvalue weighted by Crippen LogP contribution is 2.42. The van der Waals surface area contributed by atoms with Gasteiger partial charge in [0.25, 0.3) is 0 Å². The van der Waals surface area contributed by atoms with Crippen LogP contribution in [0.3, 0.4) is 0 Å². The van der Waals surface area contributed by atoms with Gasteiger partial charge in [-0.1, -0.05) is 47.6 Å². The first kappa shape index (κ1) is 30.5. The minimum atomic E-state index is -2.06. The van der Waals surface area contributed by atoms with E-state index in [2.05, 4.69) is 74.7 Å². The van der Waals surface area contributed by atoms with Crippen LogP contribution >= 0.6 is 0 Å². The summed E-state index contributed by atoms with van der Waals surface area (Å²) in [5, 5.41) is 8.97. The first-order chi connectivity index (χ1) is 14.8. The van der Waals surface area contributed by atoms with Gasteiger partial charge in [0.15, 0.2) is 22.9 Å². The van der Waals surface area contributed by atoms with E-state index in [1.165, 1.54) is 6.08 Å². The highest BCUT2D eigenvalue weighted by atomic mass is 28.4. The number of hydrogen-bond donors (Lipinski definition) is 1. The third-order valence-electron chi connectivity index (χ3n) is 7.51. The van der Waals surface area contributed by atoms with Crippen molar-refractivity contribution in [3.05, 3.63) is 12.2 Å². The minimum absolute atomic E-state index is 0.0330. The summed E-state index contributed by atoms with van der Waals surface area (Å²) in [7, 11) is -4.02. The number of carbonyl (C=O) groups is 1. The summed E-state index contributed by atoms with van der Waals surface area (Å²) in [5.41, 5.74) is 0. The molecule has 0 aromatic rings. The molecule has 33 heavy (non-hydrogen) atoms. The molecule has 0 spiro atoms. The topological polar surface area (TPSA) is 74.2 Å². The fraction of sp³-hybridized carbons (Fsp3) is 0.880. The van der Waals surface area contributed by atoms with E-state index < -0.39 is 28.9 Å². The van der Waals surface area contributed by atoms with Crippen molar-refractivity contribution in [1.29, 1.82) is 0 Å². The maximum Gasteiger partial charge on any atom is 0.327 e. The SMILES string of the molecule is C[C@H](CC/C=C\C(=O)O)O[C@@H]1O[C@@H](C)[C@H](O[Si](C)(C)C(C)(C)C)C[C@H]1O[Si](C)(C)C(C)(C)C. The van der Waals surface area contributed by atoms with Gasteiger partial charge in [0.05, 0.1) is 24.4 Å². The van der Waals surface area contributed by atoms with Gasteiger partial charge in [-0.15, -0.1) is 0 Å². The molecule has 0 bridgehead atoms. The molecular formula is C25H50O6Si2. The second kappa shape index (κ2) is 11.5. The van der Waals surface area contributed by atoms with Gasteiger partial charge in [-0.3, -0.25) is 0 Å². The molecule has 0 aliphatic carbocycles. The number of rotatable bonds is 10. The molecule has 0 radical (unpaired) electrons. The molecule has 6 nitrogen and oxygen atoms in total. The summed E-state index contributed by atoms with van der Waals surface area (Å²) >= 11 is 0. The van der Waals surface area contributed by atoms with Crippen LogP contribution in [0.25, 0.3) is 0 Å². The first-order valence-electron chi connectivity index (χ1n) is 12.3. The molecule has 0 aromatic carbocycles. The van der Waals surface area contributed by atoms with Gasteiger partial charge in [0, 0.05) is 12.5 Å². The molecule has 0 aromatic heterocycles. The highest BCUT2D eigenvalue weighted by Gasteiger charge is 2.48. The number of carboxylic acid groups (broad SMARTS) is 1. The Morgan fingerprint density at radius 1 is 1.03 bits per heavy atom. The molecule has 5 atom stereocenters. The fourth-order valence-corrected chi connectivity index (χ4v) is 5.92. The average molecular weight is 503 g/mol. The second-order valence-electron chi connectivity index (χ2n) is 12.5. The number of hydrogen-bond acceptors (Lipinski definition) is 5. The van der Waals surface area contributed by atoms with Crippen LogP contribution in [0, 0.1) is 0 Å². The molecule has 1 heterocycles. The predicted molar refractivity (Wildman–Crippen MR) is 140 cm³/mol. The fourth-order valence-electron chi connectivity index (χ4n) is 3.21. The lowest BCUT2D eigenvalue weighted by Crippen LogP contribution is -2.57. The molecule has 0 saturated carbocycles. The minimum Gasteiger partial charge on any atom is -0.478 e. The Hall–Kier alpha value is -0.516. The maximum absolute atomic E-state index is 10.7. The van der Waals surface area contributed by atoms with E-state index >= 15 is 0 Å². The summed E-state index contributed by atoms with van der Waals surface area (Å²) in [6.07, 6.45) is 4.07. The van der Waals surface area contributed by atoms with Crippen LogP contribution in [0.4, 0.5) is 0 Å². The van der Waals surface area contributed by atoms with Crippen LogP contribution in [0.5, 0.6) is 0 Å². The van der Waals surface area contributed by atoms with Crippen molar-refractivity contribution in [2.24, 2.45) is 0 Å². The molecule has 1 fully saturated rings. The molecule has 0 amide bonds. The average Bonchev–Trinajstić information content (AvgIpc) is 2.60. The van der Waals surface area contributed by atoms with E-state index in [-0.39, 0.29) is 34.5 Å². The van der Waals surface area contributed by atoms with Gasteiger partial charge in [-0.05, 0) is 63.0 Å². The Kier molecular flexibility index (Phi) is 10.6. The van der Waals surface area contributed by atoms with Crippen LogP contribution in [0.2, 0.25) is 36.3 Å². The zero-order valence-electron chi connectivity index (χ0n) is 23.2. The van der Waals surface area contributed by atoms with Gasteiger partial charge in [-0.2, -0.15) is 0 Å². The molecule has 1 aliphatic heterocycles. The Bertz CT molecular complexity index is 663. The van der Waals surface area contributed by atoms with E-state index in [1.54, 1.807) is 6.08 Å². The smallest absolute Gasteiger partial charge is 0.327 e. The lowest BCUT2D eigenvalue weighted by Gasteiger charge is -2.48. The van der Waals surface area contributed by atoms with Crippen molar-refractivity contribution in [3.8, 4) is 0 Å². The summed E-state index contributed by atoms with van der Waals surface area (Å²) in [5.74, 6) is -0.927. The van der Waals surface area contributed by atoms with Gasteiger partial charge in [-0.25, -0.2) is 4.79 Å². The lowest BCUT2D eigenvalue weighted by atomic mass is 10.0. The zero-order chi connectivity index (χ0) is 25.8. The van der Waals surface area contributed by atoms with Gasteiger partial charge >= 0.3 is 5.97 Å². The van der Waals surface area contributed by atoms with Crippen molar-refractivity contribution in [2.75, 3.05) is 0 Å². The van der Waals surface area contributed by atoms with E-state index in [4.69, 9.17) is 23.4 Å². The monoisotopic (exact) mass is 502 g/mol. The number of allylic oxidation sites excluding steroid dienone is 1. The van der Waals surface area contributed by atoms with E-state index in [9.17, 15) is 4.79 Å². The van der Waals surface area contributed by atoms with Crippen molar-refractivity contribution < 1.29 is 28.2 Å². The van der Waals surface area contributed by atoms with Crippen LogP contribution in [0.1, 0.15) is 74.7 Å². The number of carboxylic acids is 1. The first-order valence-corrected chi connectivity index (χ1v) is 18.1. The molecule has 8 heteroatoms. The van der Waals surface area contributed by atoms with Gasteiger partial charge in [0.2, 0.25) is 0 Å². The third kappa shape index (κ3) is 9.22. The largest absolute Gasteiger partial charge is 0.478 e. The van der Waals surface area contributed by atoms with Crippen LogP contribution in [-0.2, 0) is 23.1 Å². The number of aliphatic carboxylic acids is 1. The lowest BCUT2D eigenvalue weighted by molar-refractivity contribution is -0.268. The summed E-state index contributed by atoms with van der Waals surface area (Å²) in [6, 6.07) is 0. The second-order valence-corrected chi connectivity index (χ2v) is 22.1. The Morgan fingerprint density at radius 2 is 1.52 bits per heavy atom. The zero-order valence-corrected chi connectivity index (χ0v) is 25.2. The van der Waals surface area contributed by atoms with E-state index in [0.29, 0.717) is 12.8 Å². The molecule has 0 unspecified atom stereocenters. The predicted octanol–water partition coefficient (Wildman–Crippen LogP) is 6.73.